The summed E-state index contributed by atoms with van der Waals surface area (Å²) in [5.74, 6) is 1.61. The van der Waals surface area contributed by atoms with Gasteiger partial charge in [-0.1, -0.05) is 56.3 Å². The summed E-state index contributed by atoms with van der Waals surface area (Å²) in [4.78, 5) is 13.2. The minimum absolute atomic E-state index is 0.308. The summed E-state index contributed by atoms with van der Waals surface area (Å²) in [6, 6.07) is 19.3. The molecule has 36 heavy (non-hydrogen) atoms. The fraction of sp³-hybridized carbons (Fsp3) is 0.321. The molecule has 1 aliphatic heterocycles. The van der Waals surface area contributed by atoms with Gasteiger partial charge in [-0.05, 0) is 36.5 Å². The van der Waals surface area contributed by atoms with Crippen molar-refractivity contribution >= 4 is 28.4 Å². The number of nitrogens with one attached hydrogen (secondary N) is 3. The Hall–Kier alpha value is -3.91. The van der Waals surface area contributed by atoms with Crippen molar-refractivity contribution in [3.63, 3.8) is 0 Å². The van der Waals surface area contributed by atoms with Gasteiger partial charge in [0.15, 0.2) is 5.65 Å². The number of aromatic nitrogens is 5. The fourth-order valence-corrected chi connectivity index (χ4v) is 4.84. The molecule has 3 N–H and O–H groups in total. The number of benzene rings is 2. The molecule has 5 aromatic rings. The number of para-hydroxylation sites is 1. The number of anilines is 2. The molecule has 0 atom stereocenters. The number of rotatable bonds is 7. The van der Waals surface area contributed by atoms with Gasteiger partial charge in [-0.3, -0.25) is 0 Å². The number of hydrogen-bond donors (Lipinski definition) is 3. The molecule has 3 aromatic heterocycles. The summed E-state index contributed by atoms with van der Waals surface area (Å²) in [6.45, 7) is 6.45. The van der Waals surface area contributed by atoms with Crippen LogP contribution in [0.2, 0.25) is 0 Å². The minimum atomic E-state index is 0.308. The van der Waals surface area contributed by atoms with Gasteiger partial charge >= 0.3 is 0 Å². The van der Waals surface area contributed by atoms with Gasteiger partial charge in [-0.25, -0.2) is 0 Å². The zero-order valence-corrected chi connectivity index (χ0v) is 20.7. The molecule has 0 aliphatic carbocycles. The Morgan fingerprint density at radius 1 is 1.06 bits per heavy atom. The van der Waals surface area contributed by atoms with Crippen molar-refractivity contribution in [1.82, 2.24) is 24.6 Å². The highest BCUT2D eigenvalue weighted by atomic mass is 16.5. The molecule has 2 aromatic carbocycles. The van der Waals surface area contributed by atoms with E-state index in [0.717, 1.165) is 54.0 Å². The number of aromatic amines is 1. The number of nitrogens with zero attached hydrogens (tertiary/aromatic N) is 4. The highest BCUT2D eigenvalue weighted by Crippen LogP contribution is 2.28. The van der Waals surface area contributed by atoms with Crippen LogP contribution in [0.3, 0.4) is 0 Å². The maximum Gasteiger partial charge on any atom is 0.229 e. The van der Waals surface area contributed by atoms with Crippen molar-refractivity contribution in [2.45, 2.75) is 45.2 Å². The standard InChI is InChI=1S/C28H31N7O/c1-18(2)23-17-30-35-26(23)33-27(31-21-11-13-36-14-12-21)34-28(35)29-16-20-8-3-5-9-22(20)25-15-19-7-4-6-10-24(19)32-25/h3-10,15,17-18,21,32H,11-14,16H2,1-2H3,(H2,29,31,33,34). The first-order chi connectivity index (χ1) is 17.7. The number of fused-ring (bicyclic) bond motifs is 2. The van der Waals surface area contributed by atoms with E-state index in [-0.39, 0.29) is 0 Å². The Morgan fingerprint density at radius 3 is 2.69 bits per heavy atom. The van der Waals surface area contributed by atoms with Crippen LogP contribution < -0.4 is 10.6 Å². The first kappa shape index (κ1) is 22.5. The van der Waals surface area contributed by atoms with Crippen LogP contribution >= 0.6 is 0 Å². The molecule has 0 radical (unpaired) electrons. The van der Waals surface area contributed by atoms with E-state index in [0.29, 0.717) is 30.4 Å². The lowest BCUT2D eigenvalue weighted by Gasteiger charge is -2.23. The maximum absolute atomic E-state index is 5.51. The Labute approximate surface area is 210 Å². The second-order valence-electron chi connectivity index (χ2n) is 9.67. The van der Waals surface area contributed by atoms with Crippen LogP contribution in [0, 0.1) is 0 Å². The lowest BCUT2D eigenvalue weighted by Crippen LogP contribution is -2.29. The first-order valence-corrected chi connectivity index (χ1v) is 12.7. The Bertz CT molecular complexity index is 1460. The van der Waals surface area contributed by atoms with Crippen LogP contribution in [0.25, 0.3) is 27.8 Å². The topological polar surface area (TPSA) is 92.2 Å². The van der Waals surface area contributed by atoms with Gasteiger partial charge in [0.2, 0.25) is 11.9 Å². The molecule has 184 valence electrons. The normalized spacial score (nSPS) is 14.6. The summed E-state index contributed by atoms with van der Waals surface area (Å²) in [6.07, 6.45) is 3.80. The van der Waals surface area contributed by atoms with Gasteiger partial charge < -0.3 is 20.4 Å². The van der Waals surface area contributed by atoms with Gasteiger partial charge in [-0.2, -0.15) is 19.6 Å². The largest absolute Gasteiger partial charge is 0.381 e. The van der Waals surface area contributed by atoms with Crippen LogP contribution in [0.1, 0.15) is 43.7 Å². The molecule has 0 bridgehead atoms. The van der Waals surface area contributed by atoms with E-state index in [9.17, 15) is 0 Å². The van der Waals surface area contributed by atoms with E-state index < -0.39 is 0 Å². The van der Waals surface area contributed by atoms with E-state index in [1.165, 1.54) is 10.9 Å². The summed E-state index contributed by atoms with van der Waals surface area (Å²) in [7, 11) is 0. The molecule has 4 heterocycles. The lowest BCUT2D eigenvalue weighted by atomic mass is 10.0. The van der Waals surface area contributed by atoms with Crippen molar-refractivity contribution in [3.8, 4) is 11.3 Å². The van der Waals surface area contributed by atoms with Crippen LogP contribution in [0.15, 0.2) is 60.8 Å². The SMILES string of the molecule is CC(C)c1cnn2c(NCc3ccccc3-c3cc4ccccc4[nH]3)nc(NC3CCOCC3)nc12. The maximum atomic E-state index is 5.51. The van der Waals surface area contributed by atoms with Crippen molar-refractivity contribution in [2.75, 3.05) is 23.8 Å². The smallest absolute Gasteiger partial charge is 0.229 e. The van der Waals surface area contributed by atoms with E-state index in [2.05, 4.69) is 89.2 Å². The Balaban J connectivity index is 1.32. The highest BCUT2D eigenvalue weighted by Gasteiger charge is 2.19. The van der Waals surface area contributed by atoms with Crippen molar-refractivity contribution in [2.24, 2.45) is 0 Å². The molecule has 1 fully saturated rings. The fourth-order valence-electron chi connectivity index (χ4n) is 4.84. The molecular formula is C28H31N7O. The van der Waals surface area contributed by atoms with Crippen LogP contribution in [-0.4, -0.2) is 43.8 Å². The Kier molecular flexibility index (Phi) is 6.03. The quantitative estimate of drug-likeness (QED) is 0.280. The lowest BCUT2D eigenvalue weighted by molar-refractivity contribution is 0.0903. The highest BCUT2D eigenvalue weighted by molar-refractivity contribution is 5.86. The first-order valence-electron chi connectivity index (χ1n) is 12.7. The van der Waals surface area contributed by atoms with E-state index in [4.69, 9.17) is 14.7 Å². The Morgan fingerprint density at radius 2 is 1.86 bits per heavy atom. The predicted octanol–water partition coefficient (Wildman–Crippen LogP) is 5.60. The molecule has 0 unspecified atom stereocenters. The molecule has 8 heteroatoms. The molecule has 1 aliphatic rings. The van der Waals surface area contributed by atoms with E-state index in [1.807, 2.05) is 10.7 Å². The van der Waals surface area contributed by atoms with Gasteiger partial charge in [0.1, 0.15) is 0 Å². The second-order valence-corrected chi connectivity index (χ2v) is 9.67. The summed E-state index contributed by atoms with van der Waals surface area (Å²) in [5, 5.41) is 12.9. The zero-order chi connectivity index (χ0) is 24.5. The third kappa shape index (κ3) is 4.40. The van der Waals surface area contributed by atoms with Gasteiger partial charge in [0.05, 0.1) is 6.20 Å². The molecule has 8 nitrogen and oxygen atoms in total. The molecular weight excluding hydrogens is 450 g/mol. The van der Waals surface area contributed by atoms with Crippen molar-refractivity contribution in [3.05, 3.63) is 71.9 Å². The molecule has 1 saturated heterocycles. The monoisotopic (exact) mass is 481 g/mol. The van der Waals surface area contributed by atoms with Crippen LogP contribution in [0.4, 0.5) is 11.9 Å². The van der Waals surface area contributed by atoms with Crippen molar-refractivity contribution in [1.29, 1.82) is 0 Å². The number of H-pyrrole nitrogens is 1. The van der Waals surface area contributed by atoms with Crippen LogP contribution in [-0.2, 0) is 11.3 Å². The average Bonchev–Trinajstić information content (AvgIpc) is 3.53. The molecule has 0 saturated carbocycles. The predicted molar refractivity (Wildman–Crippen MR) is 143 cm³/mol. The summed E-state index contributed by atoms with van der Waals surface area (Å²) in [5.41, 5.74) is 6.51. The molecule has 6 rings (SSSR count). The van der Waals surface area contributed by atoms with Crippen molar-refractivity contribution < 1.29 is 4.74 Å². The average molecular weight is 482 g/mol. The summed E-state index contributed by atoms with van der Waals surface area (Å²) >= 11 is 0. The van der Waals surface area contributed by atoms with E-state index >= 15 is 0 Å². The van der Waals surface area contributed by atoms with Gasteiger partial charge in [0.25, 0.3) is 0 Å². The van der Waals surface area contributed by atoms with Gasteiger partial charge in [-0.15, -0.1) is 0 Å². The molecule has 0 amide bonds. The molecule has 0 spiro atoms. The third-order valence-corrected chi connectivity index (χ3v) is 6.85. The minimum Gasteiger partial charge on any atom is -0.381 e. The van der Waals surface area contributed by atoms with Crippen LogP contribution in [0.5, 0.6) is 0 Å². The number of ether oxygens (including phenoxy) is 1. The number of hydrogen-bond acceptors (Lipinski definition) is 6. The zero-order valence-electron chi connectivity index (χ0n) is 20.7. The van der Waals surface area contributed by atoms with E-state index in [1.54, 1.807) is 0 Å². The second kappa shape index (κ2) is 9.62. The summed E-state index contributed by atoms with van der Waals surface area (Å²) < 4.78 is 7.33. The third-order valence-electron chi connectivity index (χ3n) is 6.85. The van der Waals surface area contributed by atoms with Gasteiger partial charge in [0, 0.05) is 53.5 Å².